The summed E-state index contributed by atoms with van der Waals surface area (Å²) in [6, 6.07) is 3.24. The summed E-state index contributed by atoms with van der Waals surface area (Å²) < 4.78 is 13.3. The smallest absolute Gasteiger partial charge is 0.128 e. The van der Waals surface area contributed by atoms with Crippen LogP contribution >= 0.6 is 0 Å². The van der Waals surface area contributed by atoms with Crippen LogP contribution in [0.15, 0.2) is 18.5 Å². The number of hydrogen-bond acceptors (Lipinski definition) is 2. The third-order valence-corrected chi connectivity index (χ3v) is 2.57. The Labute approximate surface area is 88.2 Å². The second-order valence-electron chi connectivity index (χ2n) is 3.98. The van der Waals surface area contributed by atoms with E-state index in [1.807, 2.05) is 0 Å². The zero-order valence-corrected chi connectivity index (χ0v) is 9.08. The van der Waals surface area contributed by atoms with Crippen LogP contribution in [0.3, 0.4) is 0 Å². The van der Waals surface area contributed by atoms with Crippen LogP contribution in [0.5, 0.6) is 0 Å². The normalized spacial score (nSPS) is 11.3. The van der Waals surface area contributed by atoms with Gasteiger partial charge in [0.1, 0.15) is 12.1 Å². The Morgan fingerprint density at radius 1 is 1.20 bits per heavy atom. The van der Waals surface area contributed by atoms with Crippen molar-refractivity contribution in [1.29, 1.82) is 0 Å². The maximum Gasteiger partial charge on any atom is 0.128 e. The highest BCUT2D eigenvalue weighted by Crippen LogP contribution is 2.24. The van der Waals surface area contributed by atoms with E-state index in [0.29, 0.717) is 17.0 Å². The molecule has 0 atom stereocenters. The Kier molecular flexibility index (Phi) is 2.39. The zero-order chi connectivity index (χ0) is 11.0. The molecule has 0 aliphatic heterocycles. The highest BCUT2D eigenvalue weighted by Gasteiger charge is 2.10. The fourth-order valence-corrected chi connectivity index (χ4v) is 1.73. The first-order valence-electron chi connectivity index (χ1n) is 5.01. The number of hydrogen-bond donors (Lipinski definition) is 0. The molecule has 0 saturated heterocycles. The molecule has 2 rings (SSSR count). The number of aromatic nitrogens is 2. The summed E-state index contributed by atoms with van der Waals surface area (Å²) in [5.74, 6) is 0.108. The SMILES string of the molecule is Cc1c(F)ccc2c(C(C)C)ncnc12. The van der Waals surface area contributed by atoms with Crippen LogP contribution in [0.2, 0.25) is 0 Å². The Morgan fingerprint density at radius 3 is 2.60 bits per heavy atom. The summed E-state index contributed by atoms with van der Waals surface area (Å²) in [5.41, 5.74) is 2.29. The van der Waals surface area contributed by atoms with Crippen molar-refractivity contribution in [2.45, 2.75) is 26.7 Å². The molecule has 1 aromatic heterocycles. The monoisotopic (exact) mass is 204 g/mol. The van der Waals surface area contributed by atoms with E-state index in [9.17, 15) is 4.39 Å². The molecule has 0 spiro atoms. The highest BCUT2D eigenvalue weighted by molar-refractivity contribution is 5.84. The van der Waals surface area contributed by atoms with Crippen molar-refractivity contribution < 1.29 is 4.39 Å². The van der Waals surface area contributed by atoms with Crippen LogP contribution in [-0.2, 0) is 0 Å². The molecule has 0 radical (unpaired) electrons. The minimum Gasteiger partial charge on any atom is -0.240 e. The highest BCUT2D eigenvalue weighted by atomic mass is 19.1. The van der Waals surface area contributed by atoms with Crippen LogP contribution in [0, 0.1) is 12.7 Å². The van der Waals surface area contributed by atoms with E-state index < -0.39 is 0 Å². The molecule has 0 saturated carbocycles. The van der Waals surface area contributed by atoms with Crippen molar-refractivity contribution in [2.75, 3.05) is 0 Å². The Morgan fingerprint density at radius 2 is 1.93 bits per heavy atom. The van der Waals surface area contributed by atoms with E-state index in [0.717, 1.165) is 11.1 Å². The van der Waals surface area contributed by atoms with E-state index in [4.69, 9.17) is 0 Å². The van der Waals surface area contributed by atoms with Gasteiger partial charge in [-0.1, -0.05) is 13.8 Å². The maximum absolute atomic E-state index is 13.3. The third-order valence-electron chi connectivity index (χ3n) is 2.57. The van der Waals surface area contributed by atoms with Crippen LogP contribution in [0.25, 0.3) is 10.9 Å². The van der Waals surface area contributed by atoms with Crippen molar-refractivity contribution in [2.24, 2.45) is 0 Å². The van der Waals surface area contributed by atoms with Crippen molar-refractivity contribution >= 4 is 10.9 Å². The number of halogens is 1. The van der Waals surface area contributed by atoms with E-state index in [2.05, 4.69) is 23.8 Å². The molecular formula is C12H13FN2. The van der Waals surface area contributed by atoms with Crippen molar-refractivity contribution in [3.05, 3.63) is 35.5 Å². The topological polar surface area (TPSA) is 25.8 Å². The van der Waals surface area contributed by atoms with Crippen molar-refractivity contribution in [3.63, 3.8) is 0 Å². The van der Waals surface area contributed by atoms with Crippen LogP contribution in [0.1, 0.15) is 31.0 Å². The van der Waals surface area contributed by atoms with E-state index in [1.54, 1.807) is 13.0 Å². The van der Waals surface area contributed by atoms with E-state index >= 15 is 0 Å². The molecule has 0 aliphatic carbocycles. The Hall–Kier alpha value is -1.51. The summed E-state index contributed by atoms with van der Waals surface area (Å²) in [7, 11) is 0. The van der Waals surface area contributed by atoms with Gasteiger partial charge in [-0.3, -0.25) is 0 Å². The number of rotatable bonds is 1. The first-order chi connectivity index (χ1) is 7.11. The van der Waals surface area contributed by atoms with Crippen molar-refractivity contribution in [1.82, 2.24) is 9.97 Å². The molecule has 2 aromatic rings. The molecule has 0 fully saturated rings. The van der Waals surface area contributed by atoms with Gasteiger partial charge in [0.15, 0.2) is 0 Å². The lowest BCUT2D eigenvalue weighted by Crippen LogP contribution is -1.98. The quantitative estimate of drug-likeness (QED) is 0.712. The lowest BCUT2D eigenvalue weighted by molar-refractivity contribution is 0.620. The zero-order valence-electron chi connectivity index (χ0n) is 9.08. The molecule has 0 unspecified atom stereocenters. The van der Waals surface area contributed by atoms with Gasteiger partial charge in [0, 0.05) is 10.9 Å². The summed E-state index contributed by atoms with van der Waals surface area (Å²) in [4.78, 5) is 8.38. The summed E-state index contributed by atoms with van der Waals surface area (Å²) in [5, 5.41) is 0.950. The standard InChI is InChI=1S/C12H13FN2/c1-7(2)11-9-4-5-10(13)8(3)12(9)15-6-14-11/h4-7H,1-3H3. The van der Waals surface area contributed by atoms with Crippen LogP contribution in [0.4, 0.5) is 4.39 Å². The molecule has 0 amide bonds. The maximum atomic E-state index is 13.3. The molecule has 0 bridgehead atoms. The van der Waals surface area contributed by atoms with Gasteiger partial charge in [-0.25, -0.2) is 14.4 Å². The largest absolute Gasteiger partial charge is 0.240 e. The van der Waals surface area contributed by atoms with Gasteiger partial charge in [0.05, 0.1) is 11.2 Å². The summed E-state index contributed by atoms with van der Waals surface area (Å²) in [6.45, 7) is 5.88. The van der Waals surface area contributed by atoms with Gasteiger partial charge < -0.3 is 0 Å². The Balaban J connectivity index is 2.83. The van der Waals surface area contributed by atoms with E-state index in [1.165, 1.54) is 12.4 Å². The van der Waals surface area contributed by atoms with E-state index in [-0.39, 0.29) is 5.82 Å². The van der Waals surface area contributed by atoms with Gasteiger partial charge in [-0.05, 0) is 25.0 Å². The molecule has 78 valence electrons. The summed E-state index contributed by atoms with van der Waals surface area (Å²) >= 11 is 0. The lowest BCUT2D eigenvalue weighted by Gasteiger charge is -2.09. The van der Waals surface area contributed by atoms with Gasteiger partial charge in [-0.15, -0.1) is 0 Å². The average Bonchev–Trinajstić information content (AvgIpc) is 2.23. The average molecular weight is 204 g/mol. The lowest BCUT2D eigenvalue weighted by atomic mass is 10.0. The first kappa shape index (κ1) is 10.0. The Bertz CT molecular complexity index is 506. The van der Waals surface area contributed by atoms with Gasteiger partial charge in [0.2, 0.25) is 0 Å². The fourth-order valence-electron chi connectivity index (χ4n) is 1.73. The number of benzene rings is 1. The second kappa shape index (κ2) is 3.57. The minimum atomic E-state index is -0.212. The molecule has 15 heavy (non-hydrogen) atoms. The predicted octanol–water partition coefficient (Wildman–Crippen LogP) is 3.20. The molecule has 0 aliphatic rings. The fraction of sp³-hybridized carbons (Fsp3) is 0.333. The van der Waals surface area contributed by atoms with Gasteiger partial charge in [0.25, 0.3) is 0 Å². The molecule has 2 nitrogen and oxygen atoms in total. The number of nitrogens with zero attached hydrogens (tertiary/aromatic N) is 2. The third kappa shape index (κ3) is 1.58. The second-order valence-corrected chi connectivity index (χ2v) is 3.98. The molecule has 1 aromatic carbocycles. The minimum absolute atomic E-state index is 0.212. The summed E-state index contributed by atoms with van der Waals surface area (Å²) in [6.07, 6.45) is 1.50. The van der Waals surface area contributed by atoms with Crippen LogP contribution in [-0.4, -0.2) is 9.97 Å². The van der Waals surface area contributed by atoms with Crippen LogP contribution < -0.4 is 0 Å². The van der Waals surface area contributed by atoms with Gasteiger partial charge in [-0.2, -0.15) is 0 Å². The predicted molar refractivity (Wildman–Crippen MR) is 58.3 cm³/mol. The van der Waals surface area contributed by atoms with Crippen molar-refractivity contribution in [3.8, 4) is 0 Å². The number of fused-ring (bicyclic) bond motifs is 1. The molecule has 0 N–H and O–H groups in total. The first-order valence-corrected chi connectivity index (χ1v) is 5.01. The molecular weight excluding hydrogens is 191 g/mol. The molecule has 3 heteroatoms. The molecule has 1 heterocycles. The van der Waals surface area contributed by atoms with Gasteiger partial charge >= 0.3 is 0 Å². The number of aryl methyl sites for hydroxylation is 1.